The monoisotopic (exact) mass is 247 g/mol. The van der Waals surface area contributed by atoms with Crippen LogP contribution in [0.4, 0.5) is 10.8 Å². The van der Waals surface area contributed by atoms with E-state index in [1.807, 2.05) is 12.1 Å². The lowest BCUT2D eigenvalue weighted by atomic mass is 10.1. The summed E-state index contributed by atoms with van der Waals surface area (Å²) in [6, 6.07) is 7.97. The third kappa shape index (κ3) is 2.97. The highest BCUT2D eigenvalue weighted by atomic mass is 32.1. The first-order chi connectivity index (χ1) is 8.19. The van der Waals surface area contributed by atoms with Crippen LogP contribution in [0.1, 0.15) is 29.5 Å². The maximum Gasteiger partial charge on any atom is 0.180 e. The van der Waals surface area contributed by atoms with E-state index in [4.69, 9.17) is 11.5 Å². The van der Waals surface area contributed by atoms with E-state index in [0.717, 1.165) is 30.6 Å². The number of anilines is 2. The van der Waals surface area contributed by atoms with Gasteiger partial charge in [0.25, 0.3) is 0 Å². The van der Waals surface area contributed by atoms with Gasteiger partial charge >= 0.3 is 0 Å². The van der Waals surface area contributed by atoms with Crippen LogP contribution in [0.5, 0.6) is 0 Å². The largest absolute Gasteiger partial charge is 0.399 e. The van der Waals surface area contributed by atoms with Gasteiger partial charge in [0.05, 0.1) is 5.69 Å². The van der Waals surface area contributed by atoms with Crippen LogP contribution >= 0.6 is 11.3 Å². The van der Waals surface area contributed by atoms with Crippen LogP contribution in [-0.4, -0.2) is 4.98 Å². The number of hydrogen-bond donors (Lipinski definition) is 2. The van der Waals surface area contributed by atoms with Crippen molar-refractivity contribution >= 4 is 22.2 Å². The SMILES string of the molecule is CCCc1nc(N)sc1Cc1ccc(N)cc1. The normalized spacial score (nSPS) is 10.6. The molecule has 0 saturated carbocycles. The van der Waals surface area contributed by atoms with Crippen molar-refractivity contribution in [2.75, 3.05) is 11.5 Å². The number of benzene rings is 1. The van der Waals surface area contributed by atoms with Gasteiger partial charge in [-0.05, 0) is 24.1 Å². The van der Waals surface area contributed by atoms with Crippen molar-refractivity contribution in [1.29, 1.82) is 0 Å². The predicted molar refractivity (Wildman–Crippen MR) is 74.2 cm³/mol. The number of thiazole rings is 1. The standard InChI is InChI=1S/C13H17N3S/c1-2-3-11-12(17-13(15)16-11)8-9-4-6-10(14)7-5-9/h4-7H,2-3,8,14H2,1H3,(H2,15,16). The van der Waals surface area contributed by atoms with Crippen LogP contribution in [0, 0.1) is 0 Å². The minimum atomic E-state index is 0.666. The summed E-state index contributed by atoms with van der Waals surface area (Å²) in [7, 11) is 0. The Morgan fingerprint density at radius 1 is 1.18 bits per heavy atom. The summed E-state index contributed by atoms with van der Waals surface area (Å²) in [5, 5.41) is 0.666. The van der Waals surface area contributed by atoms with E-state index in [-0.39, 0.29) is 0 Å². The van der Waals surface area contributed by atoms with E-state index in [9.17, 15) is 0 Å². The molecule has 90 valence electrons. The van der Waals surface area contributed by atoms with E-state index in [1.165, 1.54) is 10.4 Å². The average Bonchev–Trinajstić information content (AvgIpc) is 2.63. The van der Waals surface area contributed by atoms with Crippen LogP contribution in [0.3, 0.4) is 0 Å². The molecule has 2 aromatic rings. The molecule has 0 fully saturated rings. The molecule has 0 unspecified atom stereocenters. The first-order valence-electron chi connectivity index (χ1n) is 5.77. The Morgan fingerprint density at radius 2 is 1.88 bits per heavy atom. The minimum Gasteiger partial charge on any atom is -0.399 e. The number of aromatic nitrogens is 1. The molecule has 4 N–H and O–H groups in total. The Balaban J connectivity index is 2.20. The third-order valence-electron chi connectivity index (χ3n) is 2.63. The van der Waals surface area contributed by atoms with Gasteiger partial charge < -0.3 is 11.5 Å². The molecule has 0 aliphatic carbocycles. The van der Waals surface area contributed by atoms with Gasteiger partial charge in [0, 0.05) is 17.0 Å². The lowest BCUT2D eigenvalue weighted by molar-refractivity contribution is 0.879. The molecular formula is C13H17N3S. The summed E-state index contributed by atoms with van der Waals surface area (Å²) in [5.41, 5.74) is 14.6. The molecule has 0 amide bonds. The molecule has 0 aliphatic heterocycles. The second-order valence-electron chi connectivity index (χ2n) is 4.09. The number of rotatable bonds is 4. The number of nitrogens with zero attached hydrogens (tertiary/aromatic N) is 1. The molecule has 2 rings (SSSR count). The summed E-state index contributed by atoms with van der Waals surface area (Å²) in [6.45, 7) is 2.16. The zero-order chi connectivity index (χ0) is 12.3. The summed E-state index contributed by atoms with van der Waals surface area (Å²) in [4.78, 5) is 5.66. The molecule has 1 heterocycles. The fourth-order valence-electron chi connectivity index (χ4n) is 1.79. The van der Waals surface area contributed by atoms with Crippen LogP contribution in [0.25, 0.3) is 0 Å². The smallest absolute Gasteiger partial charge is 0.180 e. The Hall–Kier alpha value is -1.55. The number of nitrogen functional groups attached to an aromatic ring is 2. The first-order valence-corrected chi connectivity index (χ1v) is 6.59. The lowest BCUT2D eigenvalue weighted by Crippen LogP contribution is -1.93. The minimum absolute atomic E-state index is 0.666. The van der Waals surface area contributed by atoms with Crippen molar-refractivity contribution in [2.45, 2.75) is 26.2 Å². The Morgan fingerprint density at radius 3 is 2.53 bits per heavy atom. The fourth-order valence-corrected chi connectivity index (χ4v) is 2.71. The van der Waals surface area contributed by atoms with E-state index in [0.29, 0.717) is 5.13 Å². The highest BCUT2D eigenvalue weighted by Gasteiger charge is 2.09. The van der Waals surface area contributed by atoms with Gasteiger partial charge in [-0.2, -0.15) is 0 Å². The molecule has 0 radical (unpaired) electrons. The molecular weight excluding hydrogens is 230 g/mol. The Kier molecular flexibility index (Phi) is 3.64. The van der Waals surface area contributed by atoms with E-state index in [1.54, 1.807) is 11.3 Å². The fraction of sp³-hybridized carbons (Fsp3) is 0.308. The van der Waals surface area contributed by atoms with E-state index in [2.05, 4.69) is 24.0 Å². The van der Waals surface area contributed by atoms with Gasteiger partial charge in [-0.15, -0.1) is 11.3 Å². The maximum absolute atomic E-state index is 5.77. The Bertz CT molecular complexity index is 488. The molecule has 0 aliphatic rings. The van der Waals surface area contributed by atoms with E-state index >= 15 is 0 Å². The zero-order valence-electron chi connectivity index (χ0n) is 9.94. The van der Waals surface area contributed by atoms with Crippen LogP contribution in [0.15, 0.2) is 24.3 Å². The zero-order valence-corrected chi connectivity index (χ0v) is 10.8. The molecule has 0 bridgehead atoms. The quantitative estimate of drug-likeness (QED) is 0.816. The van der Waals surface area contributed by atoms with Gasteiger partial charge in [0.15, 0.2) is 5.13 Å². The van der Waals surface area contributed by atoms with Crippen molar-refractivity contribution in [1.82, 2.24) is 4.98 Å². The van der Waals surface area contributed by atoms with Gasteiger partial charge in [0.1, 0.15) is 0 Å². The third-order valence-corrected chi connectivity index (χ3v) is 3.55. The van der Waals surface area contributed by atoms with Gasteiger partial charge in [-0.1, -0.05) is 25.5 Å². The second kappa shape index (κ2) is 5.19. The molecule has 0 spiro atoms. The second-order valence-corrected chi connectivity index (χ2v) is 5.21. The average molecular weight is 247 g/mol. The highest BCUT2D eigenvalue weighted by Crippen LogP contribution is 2.24. The maximum atomic E-state index is 5.77. The van der Waals surface area contributed by atoms with Crippen molar-refractivity contribution < 1.29 is 0 Å². The van der Waals surface area contributed by atoms with Gasteiger partial charge in [-0.25, -0.2) is 4.98 Å². The van der Waals surface area contributed by atoms with Crippen molar-refractivity contribution in [3.63, 3.8) is 0 Å². The number of nitrogens with two attached hydrogens (primary N) is 2. The van der Waals surface area contributed by atoms with Crippen LogP contribution < -0.4 is 11.5 Å². The van der Waals surface area contributed by atoms with E-state index < -0.39 is 0 Å². The molecule has 1 aromatic carbocycles. The molecule has 4 heteroatoms. The highest BCUT2D eigenvalue weighted by molar-refractivity contribution is 7.15. The van der Waals surface area contributed by atoms with Crippen molar-refractivity contribution in [2.24, 2.45) is 0 Å². The molecule has 3 nitrogen and oxygen atoms in total. The number of aryl methyl sites for hydroxylation is 1. The van der Waals surface area contributed by atoms with Gasteiger partial charge in [0.2, 0.25) is 0 Å². The van der Waals surface area contributed by atoms with Gasteiger partial charge in [-0.3, -0.25) is 0 Å². The Labute approximate surface area is 105 Å². The van der Waals surface area contributed by atoms with Crippen molar-refractivity contribution in [3.05, 3.63) is 40.4 Å². The topological polar surface area (TPSA) is 64.9 Å². The number of hydrogen-bond acceptors (Lipinski definition) is 4. The summed E-state index contributed by atoms with van der Waals surface area (Å²) >= 11 is 1.59. The summed E-state index contributed by atoms with van der Waals surface area (Å²) < 4.78 is 0. The summed E-state index contributed by atoms with van der Waals surface area (Å²) in [5.74, 6) is 0. The molecule has 17 heavy (non-hydrogen) atoms. The van der Waals surface area contributed by atoms with Crippen molar-refractivity contribution in [3.8, 4) is 0 Å². The van der Waals surface area contributed by atoms with Crippen LogP contribution in [0.2, 0.25) is 0 Å². The first kappa shape index (κ1) is 11.9. The molecule has 0 atom stereocenters. The molecule has 0 saturated heterocycles. The predicted octanol–water partition coefficient (Wildman–Crippen LogP) is 2.85. The molecule has 1 aromatic heterocycles. The van der Waals surface area contributed by atoms with Crippen LogP contribution in [-0.2, 0) is 12.8 Å². The lowest BCUT2D eigenvalue weighted by Gasteiger charge is -2.02. The summed E-state index contributed by atoms with van der Waals surface area (Å²) in [6.07, 6.45) is 2.99.